The highest BCUT2D eigenvalue weighted by Crippen LogP contribution is 2.54. The second kappa shape index (κ2) is 4.31. The van der Waals surface area contributed by atoms with Crippen molar-refractivity contribution in [3.8, 4) is 0 Å². The third kappa shape index (κ3) is 2.29. The molecule has 0 aromatic heterocycles. The largest absolute Gasteiger partial charge is 0.0882 e. The molecule has 0 bridgehead atoms. The van der Waals surface area contributed by atoms with Crippen LogP contribution in [-0.2, 0) is 0 Å². The van der Waals surface area contributed by atoms with Crippen molar-refractivity contribution in [3.63, 3.8) is 0 Å². The molecule has 88 valence electrons. The van der Waals surface area contributed by atoms with E-state index in [4.69, 9.17) is 0 Å². The monoisotopic (exact) mass is 208 g/mol. The first kappa shape index (κ1) is 12.8. The van der Waals surface area contributed by atoms with Gasteiger partial charge in [0.2, 0.25) is 0 Å². The van der Waals surface area contributed by atoms with E-state index in [0.717, 1.165) is 5.92 Å². The van der Waals surface area contributed by atoms with Gasteiger partial charge < -0.3 is 0 Å². The smallest absolute Gasteiger partial charge is 0.00676 e. The Kier molecular flexibility index (Phi) is 3.68. The summed E-state index contributed by atoms with van der Waals surface area (Å²) in [6.45, 7) is 14.2. The van der Waals surface area contributed by atoms with Gasteiger partial charge in [0, 0.05) is 0 Å². The maximum Gasteiger partial charge on any atom is -0.00676 e. The molecule has 0 N–H and O–H groups in total. The summed E-state index contributed by atoms with van der Waals surface area (Å²) in [5, 5.41) is 0. The molecule has 0 aromatic rings. The molecular formula is C15H28. The summed E-state index contributed by atoms with van der Waals surface area (Å²) < 4.78 is 0. The molecule has 0 amide bonds. The zero-order valence-electron chi connectivity index (χ0n) is 11.5. The van der Waals surface area contributed by atoms with E-state index < -0.39 is 0 Å². The molecule has 1 saturated carbocycles. The topological polar surface area (TPSA) is 0 Å². The van der Waals surface area contributed by atoms with Crippen molar-refractivity contribution >= 4 is 0 Å². The molecule has 1 aliphatic carbocycles. The highest BCUT2D eigenvalue weighted by atomic mass is 14.5. The summed E-state index contributed by atoms with van der Waals surface area (Å²) in [5.74, 6) is 0.836. The fraction of sp³-hybridized carbons (Fsp3) is 0.867. The molecule has 15 heavy (non-hydrogen) atoms. The lowest BCUT2D eigenvalue weighted by atomic mass is 9.56. The van der Waals surface area contributed by atoms with E-state index in [9.17, 15) is 0 Å². The minimum absolute atomic E-state index is 0.504. The van der Waals surface area contributed by atoms with Gasteiger partial charge in [0.1, 0.15) is 0 Å². The molecular weight excluding hydrogens is 180 g/mol. The average Bonchev–Trinajstić information content (AvgIpc) is 2.17. The molecule has 1 aliphatic rings. The van der Waals surface area contributed by atoms with E-state index in [2.05, 4.69) is 47.6 Å². The predicted octanol–water partition coefficient (Wildman–Crippen LogP) is 5.20. The highest BCUT2D eigenvalue weighted by Gasteiger charge is 2.43. The maximum atomic E-state index is 2.46. The van der Waals surface area contributed by atoms with Gasteiger partial charge in [-0.1, -0.05) is 39.3 Å². The van der Waals surface area contributed by atoms with E-state index in [1.54, 1.807) is 5.57 Å². The Labute approximate surface area is 96.2 Å². The third-order valence-corrected chi connectivity index (χ3v) is 4.90. The molecule has 0 aliphatic heterocycles. The van der Waals surface area contributed by atoms with Crippen LogP contribution in [0.3, 0.4) is 0 Å². The minimum atomic E-state index is 0.504. The van der Waals surface area contributed by atoms with E-state index in [1.165, 1.54) is 25.7 Å². The number of hydrogen-bond donors (Lipinski definition) is 0. The fourth-order valence-corrected chi connectivity index (χ4v) is 3.61. The van der Waals surface area contributed by atoms with Crippen molar-refractivity contribution in [3.05, 3.63) is 11.6 Å². The Morgan fingerprint density at radius 2 is 1.93 bits per heavy atom. The molecule has 0 aromatic carbocycles. The van der Waals surface area contributed by atoms with Crippen LogP contribution in [0.25, 0.3) is 0 Å². The summed E-state index contributed by atoms with van der Waals surface area (Å²) >= 11 is 0. The fourth-order valence-electron chi connectivity index (χ4n) is 3.61. The summed E-state index contributed by atoms with van der Waals surface area (Å²) in [7, 11) is 0. The van der Waals surface area contributed by atoms with Gasteiger partial charge in [0.05, 0.1) is 0 Å². The van der Waals surface area contributed by atoms with Crippen molar-refractivity contribution in [2.24, 2.45) is 16.7 Å². The lowest BCUT2D eigenvalue weighted by molar-refractivity contribution is 0.0622. The van der Waals surface area contributed by atoms with Crippen LogP contribution in [0.15, 0.2) is 11.6 Å². The van der Waals surface area contributed by atoms with Crippen LogP contribution >= 0.6 is 0 Å². The number of hydrogen-bond acceptors (Lipinski definition) is 0. The van der Waals surface area contributed by atoms with Crippen LogP contribution in [-0.4, -0.2) is 0 Å². The molecule has 1 rings (SSSR count). The van der Waals surface area contributed by atoms with Gasteiger partial charge >= 0.3 is 0 Å². The first-order valence-corrected chi connectivity index (χ1v) is 6.51. The van der Waals surface area contributed by atoms with Gasteiger partial charge in [-0.2, -0.15) is 0 Å². The Morgan fingerprint density at radius 3 is 2.33 bits per heavy atom. The number of allylic oxidation sites excluding steroid dienone is 2. The molecule has 0 saturated heterocycles. The molecule has 0 spiro atoms. The van der Waals surface area contributed by atoms with E-state index in [1.807, 2.05) is 0 Å². The summed E-state index contributed by atoms with van der Waals surface area (Å²) in [4.78, 5) is 0. The van der Waals surface area contributed by atoms with Crippen LogP contribution in [0.2, 0.25) is 0 Å². The molecule has 0 radical (unpaired) electrons. The van der Waals surface area contributed by atoms with Crippen molar-refractivity contribution < 1.29 is 0 Å². The average molecular weight is 208 g/mol. The maximum absolute atomic E-state index is 2.46. The Balaban J connectivity index is 2.94. The third-order valence-electron chi connectivity index (χ3n) is 4.90. The van der Waals surface area contributed by atoms with Crippen molar-refractivity contribution in [1.82, 2.24) is 0 Å². The Bertz CT molecular complexity index is 247. The summed E-state index contributed by atoms with van der Waals surface area (Å²) in [5.41, 5.74) is 2.68. The molecule has 0 heteroatoms. The van der Waals surface area contributed by atoms with Gasteiger partial charge in [0.15, 0.2) is 0 Å². The summed E-state index contributed by atoms with van der Waals surface area (Å²) in [6, 6.07) is 0. The first-order valence-electron chi connectivity index (χ1n) is 6.51. The van der Waals surface area contributed by atoms with Gasteiger partial charge in [-0.25, -0.2) is 0 Å². The van der Waals surface area contributed by atoms with Gasteiger partial charge in [-0.3, -0.25) is 0 Å². The molecule has 2 atom stereocenters. The van der Waals surface area contributed by atoms with Crippen molar-refractivity contribution in [2.75, 3.05) is 0 Å². The highest BCUT2D eigenvalue weighted by molar-refractivity contribution is 5.15. The van der Waals surface area contributed by atoms with E-state index in [0.29, 0.717) is 10.8 Å². The SMILES string of the molecule is CC=C(C)C1(CC)CCC(C)(C)CC1C. The zero-order valence-corrected chi connectivity index (χ0v) is 11.5. The lowest BCUT2D eigenvalue weighted by Crippen LogP contribution is -2.38. The first-order chi connectivity index (χ1) is 6.88. The Hall–Kier alpha value is -0.260. The van der Waals surface area contributed by atoms with Crippen LogP contribution in [0, 0.1) is 16.7 Å². The molecule has 0 heterocycles. The van der Waals surface area contributed by atoms with E-state index in [-0.39, 0.29) is 0 Å². The number of rotatable bonds is 2. The van der Waals surface area contributed by atoms with Crippen LogP contribution in [0.4, 0.5) is 0 Å². The molecule has 1 fully saturated rings. The Morgan fingerprint density at radius 1 is 1.33 bits per heavy atom. The van der Waals surface area contributed by atoms with E-state index >= 15 is 0 Å². The minimum Gasteiger partial charge on any atom is -0.0882 e. The molecule has 0 nitrogen and oxygen atoms in total. The van der Waals surface area contributed by atoms with Gasteiger partial charge in [-0.05, 0) is 56.3 Å². The second-order valence-corrected chi connectivity index (χ2v) is 6.25. The van der Waals surface area contributed by atoms with Crippen molar-refractivity contribution in [1.29, 1.82) is 0 Å². The standard InChI is InChI=1S/C15H28/c1-7-12(3)15(8-2)10-9-14(5,6)11-13(15)4/h7,13H,8-11H2,1-6H3. The normalized spacial score (nSPS) is 36.7. The molecule has 2 unspecified atom stereocenters. The lowest BCUT2D eigenvalue weighted by Gasteiger charge is -2.49. The predicted molar refractivity (Wildman–Crippen MR) is 69.0 cm³/mol. The second-order valence-electron chi connectivity index (χ2n) is 6.25. The summed E-state index contributed by atoms with van der Waals surface area (Å²) in [6.07, 6.45) is 7.79. The zero-order chi connectivity index (χ0) is 11.7. The van der Waals surface area contributed by atoms with Crippen molar-refractivity contribution in [2.45, 2.75) is 67.2 Å². The quantitative estimate of drug-likeness (QED) is 0.547. The van der Waals surface area contributed by atoms with Gasteiger partial charge in [-0.15, -0.1) is 0 Å². The van der Waals surface area contributed by atoms with Crippen LogP contribution < -0.4 is 0 Å². The van der Waals surface area contributed by atoms with Crippen LogP contribution in [0.1, 0.15) is 67.2 Å². The van der Waals surface area contributed by atoms with Gasteiger partial charge in [0.25, 0.3) is 0 Å². The van der Waals surface area contributed by atoms with Crippen LogP contribution in [0.5, 0.6) is 0 Å².